The molecule has 0 saturated heterocycles. The van der Waals surface area contributed by atoms with Gasteiger partial charge in [0, 0.05) is 4.47 Å². The molecule has 0 saturated carbocycles. The molecular formula is C20H15BrN2O3. The number of benzene rings is 2. The number of rotatable bonds is 5. The molecule has 130 valence electrons. The van der Waals surface area contributed by atoms with Gasteiger partial charge in [-0.3, -0.25) is 0 Å². The van der Waals surface area contributed by atoms with Crippen LogP contribution in [0, 0.1) is 36.5 Å². The molecule has 0 unspecified atom stereocenters. The van der Waals surface area contributed by atoms with E-state index in [4.69, 9.17) is 20.0 Å². The van der Waals surface area contributed by atoms with E-state index >= 15 is 0 Å². The van der Waals surface area contributed by atoms with E-state index < -0.39 is 5.97 Å². The summed E-state index contributed by atoms with van der Waals surface area (Å²) in [5.74, 6) is 0.492. The average molecular weight is 411 g/mol. The van der Waals surface area contributed by atoms with E-state index in [0.717, 1.165) is 15.6 Å². The number of ether oxygens (including phenoxy) is 2. The summed E-state index contributed by atoms with van der Waals surface area (Å²) in [6.45, 7) is 3.60. The third-order valence-corrected chi connectivity index (χ3v) is 3.88. The van der Waals surface area contributed by atoms with Gasteiger partial charge in [0.1, 0.15) is 29.2 Å². The third kappa shape index (κ3) is 5.20. The Labute approximate surface area is 160 Å². The molecule has 0 aliphatic carbocycles. The number of hydrogen-bond donors (Lipinski definition) is 0. The molecule has 0 aromatic heterocycles. The first-order valence-electron chi connectivity index (χ1n) is 7.65. The van der Waals surface area contributed by atoms with Crippen LogP contribution >= 0.6 is 15.9 Å². The zero-order valence-electron chi connectivity index (χ0n) is 14.2. The van der Waals surface area contributed by atoms with E-state index in [9.17, 15) is 4.79 Å². The van der Waals surface area contributed by atoms with Crippen molar-refractivity contribution in [1.82, 2.24) is 0 Å². The first-order valence-corrected chi connectivity index (χ1v) is 8.44. The molecule has 0 heterocycles. The number of nitriles is 2. The molecule has 5 nitrogen and oxygen atoms in total. The topological polar surface area (TPSA) is 83.1 Å². The number of nitrogens with zero attached hydrogens (tertiary/aromatic N) is 2. The molecule has 6 heteroatoms. The smallest absolute Gasteiger partial charge is 0.349 e. The maximum absolute atomic E-state index is 12.0. The van der Waals surface area contributed by atoms with Crippen molar-refractivity contribution in [3.05, 3.63) is 63.1 Å². The molecule has 0 spiro atoms. The van der Waals surface area contributed by atoms with Gasteiger partial charge in [0.2, 0.25) is 0 Å². The molecule has 0 radical (unpaired) electrons. The highest BCUT2D eigenvalue weighted by atomic mass is 79.9. The summed E-state index contributed by atoms with van der Waals surface area (Å²) in [7, 11) is 0. The first-order chi connectivity index (χ1) is 12.4. The normalized spacial score (nSPS) is 9.58. The molecule has 0 fully saturated rings. The highest BCUT2D eigenvalue weighted by Gasteiger charge is 2.10. The minimum Gasteiger partial charge on any atom is -0.481 e. The highest BCUT2D eigenvalue weighted by molar-refractivity contribution is 9.10. The zero-order valence-corrected chi connectivity index (χ0v) is 15.8. The predicted molar refractivity (Wildman–Crippen MR) is 100 cm³/mol. The second kappa shape index (κ2) is 8.84. The first kappa shape index (κ1) is 19.2. The number of carbonyl (C=O) groups is 1. The van der Waals surface area contributed by atoms with Crippen molar-refractivity contribution in [2.45, 2.75) is 13.8 Å². The molecule has 0 bridgehead atoms. The summed E-state index contributed by atoms with van der Waals surface area (Å²) in [6, 6.07) is 13.9. The van der Waals surface area contributed by atoms with Crippen molar-refractivity contribution in [2.24, 2.45) is 0 Å². The third-order valence-electron chi connectivity index (χ3n) is 3.42. The van der Waals surface area contributed by atoms with Gasteiger partial charge in [-0.15, -0.1) is 0 Å². The van der Waals surface area contributed by atoms with Crippen LogP contribution in [0.1, 0.15) is 16.7 Å². The summed E-state index contributed by atoms with van der Waals surface area (Å²) < 4.78 is 11.8. The van der Waals surface area contributed by atoms with Gasteiger partial charge in [-0.2, -0.15) is 10.5 Å². The second-order valence-electron chi connectivity index (χ2n) is 5.48. The molecule has 0 amide bonds. The van der Waals surface area contributed by atoms with Crippen LogP contribution in [0.15, 0.2) is 46.4 Å². The number of esters is 1. The lowest BCUT2D eigenvalue weighted by molar-refractivity contribution is -0.136. The minimum atomic E-state index is -0.523. The van der Waals surface area contributed by atoms with E-state index in [1.165, 1.54) is 6.08 Å². The van der Waals surface area contributed by atoms with Crippen molar-refractivity contribution in [1.29, 1.82) is 10.5 Å². The van der Waals surface area contributed by atoms with Gasteiger partial charge in [-0.25, -0.2) is 4.79 Å². The van der Waals surface area contributed by atoms with E-state index in [0.29, 0.717) is 17.1 Å². The fourth-order valence-corrected chi connectivity index (χ4v) is 2.99. The van der Waals surface area contributed by atoms with Crippen LogP contribution in [0.5, 0.6) is 11.5 Å². The summed E-state index contributed by atoms with van der Waals surface area (Å²) in [5, 5.41) is 17.5. The van der Waals surface area contributed by atoms with Gasteiger partial charge >= 0.3 is 5.97 Å². The quantitative estimate of drug-likeness (QED) is 0.412. The standard InChI is InChI=1S/C20H15BrN2O3/c1-13-7-17(21)8-14(2)20(13)25-12-19(24)26-18-5-3-15(4-6-18)9-16(10-22)11-23/h3-9H,12H2,1-2H3. The molecule has 0 aliphatic rings. The number of hydrogen-bond acceptors (Lipinski definition) is 5. The fourth-order valence-electron chi connectivity index (χ4n) is 2.31. The molecular weight excluding hydrogens is 396 g/mol. The Bertz CT molecular complexity index is 896. The van der Waals surface area contributed by atoms with Gasteiger partial charge < -0.3 is 9.47 Å². The van der Waals surface area contributed by atoms with Crippen molar-refractivity contribution >= 4 is 28.0 Å². The monoisotopic (exact) mass is 410 g/mol. The van der Waals surface area contributed by atoms with E-state index in [-0.39, 0.29) is 12.2 Å². The summed E-state index contributed by atoms with van der Waals surface area (Å²) in [6.07, 6.45) is 1.45. The Morgan fingerprint density at radius 1 is 1.12 bits per heavy atom. The molecule has 2 aromatic carbocycles. The van der Waals surface area contributed by atoms with Crippen molar-refractivity contribution in [2.75, 3.05) is 6.61 Å². The Hall–Kier alpha value is -3.09. The Morgan fingerprint density at radius 3 is 2.23 bits per heavy atom. The van der Waals surface area contributed by atoms with Crippen LogP contribution in [-0.4, -0.2) is 12.6 Å². The van der Waals surface area contributed by atoms with Gasteiger partial charge in [0.05, 0.1) is 0 Å². The minimum absolute atomic E-state index is 0.00313. The van der Waals surface area contributed by atoms with Gasteiger partial charge in [0.25, 0.3) is 0 Å². The number of aryl methyl sites for hydroxylation is 2. The lowest BCUT2D eigenvalue weighted by atomic mass is 10.1. The van der Waals surface area contributed by atoms with Crippen LogP contribution in [0.4, 0.5) is 0 Å². The molecule has 2 rings (SSSR count). The van der Waals surface area contributed by atoms with Crippen molar-refractivity contribution in [3.8, 4) is 23.6 Å². The van der Waals surface area contributed by atoms with E-state index in [1.807, 2.05) is 26.0 Å². The Kier molecular flexibility index (Phi) is 6.54. The van der Waals surface area contributed by atoms with Crippen LogP contribution in [0.3, 0.4) is 0 Å². The van der Waals surface area contributed by atoms with Gasteiger partial charge in [-0.05, 0) is 60.9 Å². The largest absolute Gasteiger partial charge is 0.481 e. The number of allylic oxidation sites excluding steroid dienone is 1. The van der Waals surface area contributed by atoms with Crippen LogP contribution in [-0.2, 0) is 4.79 Å². The molecule has 26 heavy (non-hydrogen) atoms. The number of halogens is 1. The average Bonchev–Trinajstić information content (AvgIpc) is 2.60. The van der Waals surface area contributed by atoms with Gasteiger partial charge in [0.15, 0.2) is 6.61 Å². The maximum Gasteiger partial charge on any atom is 0.349 e. The van der Waals surface area contributed by atoms with Gasteiger partial charge in [-0.1, -0.05) is 28.1 Å². The number of carbonyl (C=O) groups excluding carboxylic acids is 1. The van der Waals surface area contributed by atoms with Crippen LogP contribution in [0.2, 0.25) is 0 Å². The lowest BCUT2D eigenvalue weighted by Crippen LogP contribution is -2.18. The van der Waals surface area contributed by atoms with E-state index in [2.05, 4.69) is 15.9 Å². The maximum atomic E-state index is 12.0. The summed E-state index contributed by atoms with van der Waals surface area (Å²) >= 11 is 3.41. The summed E-state index contributed by atoms with van der Waals surface area (Å²) in [5.41, 5.74) is 2.52. The second-order valence-corrected chi connectivity index (χ2v) is 6.40. The molecule has 0 atom stereocenters. The molecule has 2 aromatic rings. The van der Waals surface area contributed by atoms with Crippen LogP contribution < -0.4 is 9.47 Å². The Balaban J connectivity index is 1.98. The van der Waals surface area contributed by atoms with E-state index in [1.54, 1.807) is 36.4 Å². The summed E-state index contributed by atoms with van der Waals surface area (Å²) in [4.78, 5) is 12.0. The molecule has 0 N–H and O–H groups in total. The lowest BCUT2D eigenvalue weighted by Gasteiger charge is -2.12. The Morgan fingerprint density at radius 2 is 1.69 bits per heavy atom. The fraction of sp³-hybridized carbons (Fsp3) is 0.150. The van der Waals surface area contributed by atoms with Crippen molar-refractivity contribution in [3.63, 3.8) is 0 Å². The van der Waals surface area contributed by atoms with Crippen molar-refractivity contribution < 1.29 is 14.3 Å². The van der Waals surface area contributed by atoms with Crippen LogP contribution in [0.25, 0.3) is 6.08 Å². The predicted octanol–water partition coefficient (Wildman–Crippen LogP) is 4.48. The SMILES string of the molecule is Cc1cc(Br)cc(C)c1OCC(=O)Oc1ccc(C=C(C#N)C#N)cc1. The zero-order chi connectivity index (χ0) is 19.1. The highest BCUT2D eigenvalue weighted by Crippen LogP contribution is 2.27. The molecule has 0 aliphatic heterocycles.